The average Bonchev–Trinajstić information content (AvgIpc) is 3.19. The Kier molecular flexibility index (Phi) is 4.95. The van der Waals surface area contributed by atoms with Crippen molar-refractivity contribution >= 4 is 11.3 Å². The van der Waals surface area contributed by atoms with E-state index in [4.69, 9.17) is 9.47 Å². The van der Waals surface area contributed by atoms with Crippen molar-refractivity contribution in [1.29, 1.82) is 0 Å². The highest BCUT2D eigenvalue weighted by Crippen LogP contribution is 2.45. The van der Waals surface area contributed by atoms with E-state index in [2.05, 4.69) is 60.7 Å². The van der Waals surface area contributed by atoms with E-state index in [1.807, 2.05) is 24.3 Å². The monoisotopic (exact) mass is 372 g/mol. The van der Waals surface area contributed by atoms with Crippen LogP contribution in [0.2, 0.25) is 0 Å². The number of methoxy groups -OCH3 is 2. The molecule has 0 amide bonds. The van der Waals surface area contributed by atoms with Gasteiger partial charge in [0.05, 0.1) is 14.2 Å². The van der Waals surface area contributed by atoms with Crippen LogP contribution in [0.1, 0.15) is 0 Å². The topological polar surface area (TPSA) is 18.5 Å². The summed E-state index contributed by atoms with van der Waals surface area (Å²) in [7, 11) is 3.36. The maximum atomic E-state index is 5.63. The van der Waals surface area contributed by atoms with Gasteiger partial charge in [-0.1, -0.05) is 60.7 Å². The number of ether oxygens (including phenoxy) is 2. The van der Waals surface area contributed by atoms with Crippen LogP contribution in [-0.4, -0.2) is 14.2 Å². The Labute approximate surface area is 163 Å². The molecule has 3 heteroatoms. The highest BCUT2D eigenvalue weighted by Gasteiger charge is 2.16. The van der Waals surface area contributed by atoms with Gasteiger partial charge in [-0.05, 0) is 29.3 Å². The van der Waals surface area contributed by atoms with E-state index in [1.165, 1.54) is 26.4 Å². The fourth-order valence-corrected chi connectivity index (χ4v) is 4.38. The molecule has 0 fully saturated rings. The first kappa shape index (κ1) is 17.4. The third-order valence-corrected chi connectivity index (χ3v) is 5.74. The molecular formula is C24H20O2S. The van der Waals surface area contributed by atoms with E-state index in [1.54, 1.807) is 25.6 Å². The Morgan fingerprint density at radius 3 is 1.93 bits per heavy atom. The summed E-state index contributed by atoms with van der Waals surface area (Å²) < 4.78 is 11.0. The molecule has 0 unspecified atom stereocenters. The quantitative estimate of drug-likeness (QED) is 0.385. The second kappa shape index (κ2) is 7.68. The van der Waals surface area contributed by atoms with Crippen molar-refractivity contribution in [3.05, 3.63) is 84.9 Å². The molecule has 0 bridgehead atoms. The summed E-state index contributed by atoms with van der Waals surface area (Å²) >= 11 is 1.78. The molecule has 0 atom stereocenters. The van der Waals surface area contributed by atoms with Crippen LogP contribution in [0.3, 0.4) is 0 Å². The van der Waals surface area contributed by atoms with E-state index in [-0.39, 0.29) is 0 Å². The van der Waals surface area contributed by atoms with Crippen molar-refractivity contribution in [3.63, 3.8) is 0 Å². The van der Waals surface area contributed by atoms with Gasteiger partial charge in [0.1, 0.15) is 11.5 Å². The molecule has 134 valence electrons. The van der Waals surface area contributed by atoms with E-state index in [0.717, 1.165) is 17.1 Å². The lowest BCUT2D eigenvalue weighted by molar-refractivity contribution is 0.395. The average molecular weight is 372 g/mol. The maximum Gasteiger partial charge on any atom is 0.131 e. The minimum absolute atomic E-state index is 0.790. The largest absolute Gasteiger partial charge is 0.497 e. The molecule has 0 aliphatic carbocycles. The van der Waals surface area contributed by atoms with E-state index >= 15 is 0 Å². The Balaban J connectivity index is 1.90. The van der Waals surface area contributed by atoms with Gasteiger partial charge >= 0.3 is 0 Å². The molecule has 0 aliphatic rings. The highest BCUT2D eigenvalue weighted by molar-refractivity contribution is 7.19. The minimum Gasteiger partial charge on any atom is -0.497 e. The van der Waals surface area contributed by atoms with Crippen LogP contribution in [0.25, 0.3) is 32.0 Å². The predicted molar refractivity (Wildman–Crippen MR) is 114 cm³/mol. The Bertz CT molecular complexity index is 980. The zero-order valence-corrected chi connectivity index (χ0v) is 16.1. The van der Waals surface area contributed by atoms with Crippen molar-refractivity contribution in [1.82, 2.24) is 0 Å². The summed E-state index contributed by atoms with van der Waals surface area (Å²) in [4.78, 5) is 2.43. The van der Waals surface area contributed by atoms with Gasteiger partial charge in [-0.2, -0.15) is 0 Å². The Morgan fingerprint density at radius 2 is 1.30 bits per heavy atom. The molecule has 0 aliphatic heterocycles. The summed E-state index contributed by atoms with van der Waals surface area (Å²) in [6.07, 6.45) is 0. The van der Waals surface area contributed by atoms with Crippen LogP contribution in [0.15, 0.2) is 84.9 Å². The fraction of sp³-hybridized carbons (Fsp3) is 0.0833. The predicted octanol–water partition coefficient (Wildman–Crippen LogP) is 6.77. The number of hydrogen-bond acceptors (Lipinski definition) is 3. The van der Waals surface area contributed by atoms with Gasteiger partial charge in [0.2, 0.25) is 0 Å². The van der Waals surface area contributed by atoms with Crippen LogP contribution in [0, 0.1) is 0 Å². The van der Waals surface area contributed by atoms with Crippen LogP contribution >= 0.6 is 11.3 Å². The van der Waals surface area contributed by atoms with Gasteiger partial charge in [0.15, 0.2) is 0 Å². The summed E-state index contributed by atoms with van der Waals surface area (Å²) in [5, 5.41) is 0. The number of thiophene rings is 1. The number of hydrogen-bond donors (Lipinski definition) is 0. The lowest BCUT2D eigenvalue weighted by atomic mass is 10.0. The van der Waals surface area contributed by atoms with Crippen molar-refractivity contribution in [2.75, 3.05) is 14.2 Å². The molecule has 1 aromatic heterocycles. The summed E-state index contributed by atoms with van der Waals surface area (Å²) in [5.41, 5.74) is 4.74. The van der Waals surface area contributed by atoms with Gasteiger partial charge in [-0.15, -0.1) is 11.3 Å². The lowest BCUT2D eigenvalue weighted by Crippen LogP contribution is -1.89. The van der Waals surface area contributed by atoms with Gasteiger partial charge in [0, 0.05) is 26.9 Å². The molecule has 0 saturated carbocycles. The molecule has 0 saturated heterocycles. The van der Waals surface area contributed by atoms with Gasteiger partial charge in [-0.25, -0.2) is 0 Å². The minimum atomic E-state index is 0.790. The first-order valence-electron chi connectivity index (χ1n) is 8.77. The highest BCUT2D eigenvalue weighted by atomic mass is 32.1. The zero-order valence-electron chi connectivity index (χ0n) is 15.3. The second-order valence-corrected chi connectivity index (χ2v) is 7.20. The van der Waals surface area contributed by atoms with Crippen molar-refractivity contribution in [3.8, 4) is 43.5 Å². The summed E-state index contributed by atoms with van der Waals surface area (Å²) in [6.45, 7) is 0. The normalized spacial score (nSPS) is 10.6. The van der Waals surface area contributed by atoms with Gasteiger partial charge in [0.25, 0.3) is 0 Å². The first-order valence-corrected chi connectivity index (χ1v) is 9.59. The van der Waals surface area contributed by atoms with Crippen LogP contribution < -0.4 is 9.47 Å². The third kappa shape index (κ3) is 3.46. The Hall–Kier alpha value is -3.04. The standard InChI is InChI=1S/C24H20O2S/c1-25-19-13-14-20(22(15-19)26-2)23-16-21(17-9-5-3-6-10-17)24(27-23)18-11-7-4-8-12-18/h3-16H,1-2H3. The number of benzene rings is 3. The molecule has 4 aromatic rings. The molecule has 0 spiro atoms. The first-order chi connectivity index (χ1) is 13.3. The van der Waals surface area contributed by atoms with Crippen molar-refractivity contribution < 1.29 is 9.47 Å². The van der Waals surface area contributed by atoms with E-state index < -0.39 is 0 Å². The maximum absolute atomic E-state index is 5.63. The molecule has 2 nitrogen and oxygen atoms in total. The number of rotatable bonds is 5. The molecular weight excluding hydrogens is 352 g/mol. The molecule has 0 radical (unpaired) electrons. The van der Waals surface area contributed by atoms with Crippen LogP contribution in [0.5, 0.6) is 11.5 Å². The van der Waals surface area contributed by atoms with Crippen molar-refractivity contribution in [2.24, 2.45) is 0 Å². The smallest absolute Gasteiger partial charge is 0.131 e. The van der Waals surface area contributed by atoms with Gasteiger partial charge < -0.3 is 9.47 Å². The zero-order chi connectivity index (χ0) is 18.6. The third-order valence-electron chi connectivity index (χ3n) is 4.53. The molecule has 0 N–H and O–H groups in total. The van der Waals surface area contributed by atoms with Crippen molar-refractivity contribution in [2.45, 2.75) is 0 Å². The fourth-order valence-electron chi connectivity index (χ4n) is 3.16. The summed E-state index contributed by atoms with van der Waals surface area (Å²) in [5.74, 6) is 1.61. The van der Waals surface area contributed by atoms with E-state index in [9.17, 15) is 0 Å². The Morgan fingerprint density at radius 1 is 0.630 bits per heavy atom. The van der Waals surface area contributed by atoms with E-state index in [0.29, 0.717) is 0 Å². The molecule has 1 heterocycles. The van der Waals surface area contributed by atoms with Crippen LogP contribution in [-0.2, 0) is 0 Å². The molecule has 4 rings (SSSR count). The lowest BCUT2D eigenvalue weighted by Gasteiger charge is -2.08. The second-order valence-electron chi connectivity index (χ2n) is 6.15. The van der Waals surface area contributed by atoms with Gasteiger partial charge in [-0.3, -0.25) is 0 Å². The summed E-state index contributed by atoms with van der Waals surface area (Å²) in [6, 6.07) is 29.3. The molecule has 3 aromatic carbocycles. The SMILES string of the molecule is COc1ccc(-c2cc(-c3ccccc3)c(-c3ccccc3)s2)c(OC)c1. The molecule has 27 heavy (non-hydrogen) atoms. The van der Waals surface area contributed by atoms with Crippen LogP contribution in [0.4, 0.5) is 0 Å².